The van der Waals surface area contributed by atoms with E-state index >= 15 is 0 Å². The third kappa shape index (κ3) is 3.63. The van der Waals surface area contributed by atoms with Crippen LogP contribution in [-0.4, -0.2) is 18.1 Å². The Bertz CT molecular complexity index is 498. The average Bonchev–Trinajstić information content (AvgIpc) is 2.33. The Hall–Kier alpha value is -1.76. The van der Waals surface area contributed by atoms with Crippen molar-refractivity contribution < 1.29 is 18.0 Å². The van der Waals surface area contributed by atoms with Crippen LogP contribution in [0.5, 0.6) is 0 Å². The van der Waals surface area contributed by atoms with Gasteiger partial charge in [-0.2, -0.15) is 13.2 Å². The lowest BCUT2D eigenvalue weighted by atomic mass is 9.78. The summed E-state index contributed by atoms with van der Waals surface area (Å²) >= 11 is 0. The summed E-state index contributed by atoms with van der Waals surface area (Å²) in [5.74, 6) is 0. The van der Waals surface area contributed by atoms with Gasteiger partial charge in [-0.15, -0.1) is 0 Å². The number of rotatable bonds is 3. The maximum atomic E-state index is 12.5. The monoisotopic (exact) mass is 287 g/mol. The first-order chi connectivity index (χ1) is 9.28. The topological polar surface area (TPSA) is 67.1 Å². The smallest absolute Gasteiger partial charge is 0.336 e. The zero-order valence-electron chi connectivity index (χ0n) is 10.8. The highest BCUT2D eigenvalue weighted by molar-refractivity contribution is 5.89. The number of hydrogen-bond acceptors (Lipinski definition) is 2. The largest absolute Gasteiger partial charge is 0.416 e. The molecular formula is C13H16F3N3O. The van der Waals surface area contributed by atoms with Crippen LogP contribution < -0.4 is 16.4 Å². The molecule has 20 heavy (non-hydrogen) atoms. The lowest BCUT2D eigenvalue weighted by Crippen LogP contribution is -2.55. The van der Waals surface area contributed by atoms with Gasteiger partial charge in [0.1, 0.15) is 0 Å². The minimum Gasteiger partial charge on any atom is -0.336 e. The Morgan fingerprint density at radius 3 is 2.60 bits per heavy atom. The molecule has 1 aliphatic rings. The molecule has 1 saturated carbocycles. The molecule has 1 aromatic carbocycles. The predicted octanol–water partition coefficient (Wildman–Crippen LogP) is 2.71. The van der Waals surface area contributed by atoms with Crippen molar-refractivity contribution in [3.8, 4) is 0 Å². The van der Waals surface area contributed by atoms with Crippen molar-refractivity contribution in [1.29, 1.82) is 0 Å². The summed E-state index contributed by atoms with van der Waals surface area (Å²) < 4.78 is 37.6. The predicted molar refractivity (Wildman–Crippen MR) is 69.2 cm³/mol. The zero-order chi connectivity index (χ0) is 14.8. The van der Waals surface area contributed by atoms with Crippen molar-refractivity contribution >= 4 is 11.7 Å². The Balaban J connectivity index is 1.91. The number of alkyl halides is 3. The second kappa shape index (κ2) is 5.32. The fourth-order valence-electron chi connectivity index (χ4n) is 2.01. The van der Waals surface area contributed by atoms with Crippen LogP contribution in [0.2, 0.25) is 0 Å². The van der Waals surface area contributed by atoms with E-state index in [9.17, 15) is 18.0 Å². The first-order valence-corrected chi connectivity index (χ1v) is 6.30. The molecule has 0 aliphatic heterocycles. The molecule has 4 nitrogen and oxygen atoms in total. The van der Waals surface area contributed by atoms with Crippen LogP contribution in [0.4, 0.5) is 23.7 Å². The summed E-state index contributed by atoms with van der Waals surface area (Å²) in [5.41, 5.74) is 4.86. The molecule has 0 atom stereocenters. The molecule has 2 rings (SSSR count). The van der Waals surface area contributed by atoms with E-state index < -0.39 is 17.8 Å². The summed E-state index contributed by atoms with van der Waals surface area (Å²) in [7, 11) is 0. The van der Waals surface area contributed by atoms with Crippen molar-refractivity contribution in [1.82, 2.24) is 5.32 Å². The second-order valence-corrected chi connectivity index (χ2v) is 5.10. The fraction of sp³-hybridized carbons (Fsp3) is 0.462. The summed E-state index contributed by atoms with van der Waals surface area (Å²) in [6.45, 7) is 0.317. The third-order valence-corrected chi connectivity index (χ3v) is 3.40. The van der Waals surface area contributed by atoms with Gasteiger partial charge in [-0.25, -0.2) is 4.79 Å². The van der Waals surface area contributed by atoms with Gasteiger partial charge in [0, 0.05) is 17.8 Å². The molecule has 2 amide bonds. The molecule has 0 saturated heterocycles. The third-order valence-electron chi connectivity index (χ3n) is 3.40. The molecule has 0 heterocycles. The number of halogens is 3. The molecule has 0 radical (unpaired) electrons. The maximum Gasteiger partial charge on any atom is 0.416 e. The van der Waals surface area contributed by atoms with Crippen molar-refractivity contribution in [2.45, 2.75) is 31.0 Å². The Labute approximate surface area is 114 Å². The standard InChI is InChI=1S/C13H16F3N3O/c14-13(15,16)9-3-1-4-10(7-9)19-11(20)18-8-12(17)5-2-6-12/h1,3-4,7H,2,5-6,8,17H2,(H2,18,19,20). The molecule has 4 N–H and O–H groups in total. The van der Waals surface area contributed by atoms with Gasteiger partial charge >= 0.3 is 12.2 Å². The van der Waals surface area contributed by atoms with Gasteiger partial charge in [0.2, 0.25) is 0 Å². The highest BCUT2D eigenvalue weighted by atomic mass is 19.4. The molecule has 1 aromatic rings. The van der Waals surface area contributed by atoms with Gasteiger partial charge in [0.05, 0.1) is 5.56 Å². The number of carbonyl (C=O) groups is 1. The fourth-order valence-corrected chi connectivity index (χ4v) is 2.01. The van der Waals surface area contributed by atoms with E-state index in [1.165, 1.54) is 12.1 Å². The van der Waals surface area contributed by atoms with Gasteiger partial charge in [-0.05, 0) is 37.5 Å². The lowest BCUT2D eigenvalue weighted by Gasteiger charge is -2.38. The van der Waals surface area contributed by atoms with Crippen molar-refractivity contribution in [2.75, 3.05) is 11.9 Å². The van der Waals surface area contributed by atoms with Gasteiger partial charge < -0.3 is 16.4 Å². The van der Waals surface area contributed by atoms with Crippen LogP contribution in [0, 0.1) is 0 Å². The molecule has 0 bridgehead atoms. The Morgan fingerprint density at radius 1 is 1.35 bits per heavy atom. The van der Waals surface area contributed by atoms with E-state index in [-0.39, 0.29) is 11.2 Å². The van der Waals surface area contributed by atoms with E-state index in [1.54, 1.807) is 0 Å². The first-order valence-electron chi connectivity index (χ1n) is 6.30. The highest BCUT2D eigenvalue weighted by Crippen LogP contribution is 2.30. The number of hydrogen-bond donors (Lipinski definition) is 3. The molecule has 0 spiro atoms. The van der Waals surface area contributed by atoms with Crippen molar-refractivity contribution in [3.05, 3.63) is 29.8 Å². The minimum atomic E-state index is -4.43. The Kier molecular flexibility index (Phi) is 3.89. The van der Waals surface area contributed by atoms with Gasteiger partial charge in [-0.3, -0.25) is 0 Å². The highest BCUT2D eigenvalue weighted by Gasteiger charge is 2.33. The van der Waals surface area contributed by atoms with E-state index in [0.717, 1.165) is 31.4 Å². The van der Waals surface area contributed by atoms with Gasteiger partial charge in [-0.1, -0.05) is 6.07 Å². The zero-order valence-corrected chi connectivity index (χ0v) is 10.8. The number of anilines is 1. The van der Waals surface area contributed by atoms with Crippen molar-refractivity contribution in [2.24, 2.45) is 5.73 Å². The van der Waals surface area contributed by atoms with Crippen LogP contribution in [-0.2, 0) is 6.18 Å². The van der Waals surface area contributed by atoms with Gasteiger partial charge in [0.25, 0.3) is 0 Å². The normalized spacial score (nSPS) is 17.2. The van der Waals surface area contributed by atoms with Crippen LogP contribution >= 0.6 is 0 Å². The quantitative estimate of drug-likeness (QED) is 0.800. The summed E-state index contributed by atoms with van der Waals surface area (Å²) in [6.07, 6.45) is -1.71. The van der Waals surface area contributed by atoms with E-state index in [4.69, 9.17) is 5.73 Å². The molecule has 0 aromatic heterocycles. The molecule has 7 heteroatoms. The van der Waals surface area contributed by atoms with Crippen molar-refractivity contribution in [3.63, 3.8) is 0 Å². The van der Waals surface area contributed by atoms with E-state index in [1.807, 2.05) is 0 Å². The minimum absolute atomic E-state index is 0.0944. The molecular weight excluding hydrogens is 271 g/mol. The number of carbonyl (C=O) groups excluding carboxylic acids is 1. The Morgan fingerprint density at radius 2 is 2.05 bits per heavy atom. The number of benzene rings is 1. The molecule has 1 fully saturated rings. The first kappa shape index (κ1) is 14.6. The summed E-state index contributed by atoms with van der Waals surface area (Å²) in [4.78, 5) is 11.6. The summed E-state index contributed by atoms with van der Waals surface area (Å²) in [5, 5.41) is 4.95. The van der Waals surface area contributed by atoms with E-state index in [2.05, 4.69) is 10.6 Å². The number of nitrogens with two attached hydrogens (primary N) is 1. The van der Waals surface area contributed by atoms with Crippen LogP contribution in [0.25, 0.3) is 0 Å². The maximum absolute atomic E-state index is 12.5. The van der Waals surface area contributed by atoms with Crippen LogP contribution in [0.15, 0.2) is 24.3 Å². The average molecular weight is 287 g/mol. The number of nitrogens with one attached hydrogen (secondary N) is 2. The molecule has 110 valence electrons. The molecule has 0 unspecified atom stereocenters. The number of amides is 2. The number of urea groups is 1. The van der Waals surface area contributed by atoms with Crippen LogP contribution in [0.1, 0.15) is 24.8 Å². The second-order valence-electron chi connectivity index (χ2n) is 5.10. The SMILES string of the molecule is NC1(CNC(=O)Nc2cccc(C(F)(F)F)c2)CCC1. The van der Waals surface area contributed by atoms with Crippen LogP contribution in [0.3, 0.4) is 0 Å². The van der Waals surface area contributed by atoms with E-state index in [0.29, 0.717) is 6.54 Å². The lowest BCUT2D eigenvalue weighted by molar-refractivity contribution is -0.137. The van der Waals surface area contributed by atoms with Gasteiger partial charge in [0.15, 0.2) is 0 Å². The summed E-state index contributed by atoms with van der Waals surface area (Å²) in [6, 6.07) is 3.93. The molecule has 1 aliphatic carbocycles.